The smallest absolute Gasteiger partial charge is 0.417 e. The van der Waals surface area contributed by atoms with Crippen molar-refractivity contribution >= 4 is 38.6 Å². The minimum absolute atomic E-state index is 0.126. The number of aromatic carboxylic acids is 1. The molecule has 3 heterocycles. The van der Waals surface area contributed by atoms with E-state index in [9.17, 15) is 18.0 Å². The second-order valence-corrected chi connectivity index (χ2v) is 7.71. The van der Waals surface area contributed by atoms with Gasteiger partial charge in [0.2, 0.25) is 11.6 Å². The first-order chi connectivity index (χ1) is 14.2. The summed E-state index contributed by atoms with van der Waals surface area (Å²) < 4.78 is 49.7. The van der Waals surface area contributed by atoms with Gasteiger partial charge in [-0.05, 0) is 34.1 Å². The molecule has 3 aromatic rings. The zero-order valence-corrected chi connectivity index (χ0v) is 17.0. The molecule has 0 spiro atoms. The minimum Gasteiger partial charge on any atom is -0.475 e. The summed E-state index contributed by atoms with van der Waals surface area (Å²) >= 11 is 3.54. The Hall–Kier alpha value is -2.75. The molecule has 0 radical (unpaired) electrons. The first-order valence-corrected chi connectivity index (χ1v) is 9.92. The standard InChI is InChI=1S/C20H16BrF3N2O4/c21-18-13-9-16(19(27)28)30-15(13)3-2-14(18)26-7-5-12(6-8-26)29-17-4-1-11(10-25-17)20(22,23)24/h1-4,9-10,12H,5-8H2,(H,27,28). The van der Waals surface area contributed by atoms with Crippen LogP contribution in [0.1, 0.15) is 29.0 Å². The molecular formula is C20H16BrF3N2O4. The van der Waals surface area contributed by atoms with Crippen LogP contribution in [-0.4, -0.2) is 35.3 Å². The van der Waals surface area contributed by atoms with Crippen molar-refractivity contribution in [3.8, 4) is 5.88 Å². The summed E-state index contributed by atoms with van der Waals surface area (Å²) in [5, 5.41) is 9.78. The highest BCUT2D eigenvalue weighted by atomic mass is 79.9. The number of rotatable bonds is 4. The second kappa shape index (κ2) is 7.82. The number of aromatic nitrogens is 1. The van der Waals surface area contributed by atoms with Gasteiger partial charge < -0.3 is 19.2 Å². The molecular weight excluding hydrogens is 469 g/mol. The Bertz CT molecular complexity index is 1070. The lowest BCUT2D eigenvalue weighted by Crippen LogP contribution is -2.38. The summed E-state index contributed by atoms with van der Waals surface area (Å²) in [5.41, 5.74) is 0.580. The molecule has 1 saturated heterocycles. The highest BCUT2D eigenvalue weighted by Crippen LogP contribution is 2.37. The van der Waals surface area contributed by atoms with E-state index in [1.54, 1.807) is 6.07 Å². The molecule has 0 unspecified atom stereocenters. The third-order valence-corrected chi connectivity index (χ3v) is 5.79. The number of piperidine rings is 1. The molecule has 0 amide bonds. The third kappa shape index (κ3) is 4.09. The number of carboxylic acids is 1. The molecule has 1 aromatic carbocycles. The van der Waals surface area contributed by atoms with Crippen LogP contribution in [0, 0.1) is 0 Å². The Morgan fingerprint density at radius 3 is 2.57 bits per heavy atom. The summed E-state index contributed by atoms with van der Waals surface area (Å²) in [7, 11) is 0. The summed E-state index contributed by atoms with van der Waals surface area (Å²) in [6, 6.07) is 7.27. The van der Waals surface area contributed by atoms with E-state index in [0.29, 0.717) is 36.9 Å². The van der Waals surface area contributed by atoms with E-state index in [4.69, 9.17) is 14.3 Å². The number of pyridine rings is 1. The molecule has 1 aliphatic rings. The number of hydrogen-bond acceptors (Lipinski definition) is 5. The van der Waals surface area contributed by atoms with Gasteiger partial charge in [-0.25, -0.2) is 9.78 Å². The largest absolute Gasteiger partial charge is 0.475 e. The van der Waals surface area contributed by atoms with E-state index in [2.05, 4.69) is 25.8 Å². The SMILES string of the molecule is O=C(O)c1cc2c(Br)c(N3CCC(Oc4ccc(C(F)(F)F)cn4)CC3)ccc2o1. The first-order valence-electron chi connectivity index (χ1n) is 9.12. The van der Waals surface area contributed by atoms with Crippen LogP contribution < -0.4 is 9.64 Å². The molecule has 10 heteroatoms. The Kier molecular flexibility index (Phi) is 5.35. The molecule has 0 bridgehead atoms. The number of anilines is 1. The van der Waals surface area contributed by atoms with Crippen molar-refractivity contribution in [3.05, 3.63) is 52.3 Å². The van der Waals surface area contributed by atoms with Gasteiger partial charge in [0.25, 0.3) is 0 Å². The number of hydrogen-bond donors (Lipinski definition) is 1. The van der Waals surface area contributed by atoms with E-state index in [1.807, 2.05) is 6.07 Å². The maximum atomic E-state index is 12.6. The summed E-state index contributed by atoms with van der Waals surface area (Å²) in [4.78, 5) is 17.0. The lowest BCUT2D eigenvalue weighted by atomic mass is 10.1. The quantitative estimate of drug-likeness (QED) is 0.537. The maximum absolute atomic E-state index is 12.6. The predicted octanol–water partition coefficient (Wildman–Crippen LogP) is 5.36. The average Bonchev–Trinajstić information content (AvgIpc) is 3.15. The van der Waals surface area contributed by atoms with Crippen LogP contribution in [0.15, 0.2) is 45.4 Å². The van der Waals surface area contributed by atoms with Crippen LogP contribution in [0.2, 0.25) is 0 Å². The van der Waals surface area contributed by atoms with Gasteiger partial charge in [-0.1, -0.05) is 0 Å². The number of furan rings is 1. The topological polar surface area (TPSA) is 75.8 Å². The van der Waals surface area contributed by atoms with Gasteiger partial charge in [-0.3, -0.25) is 0 Å². The minimum atomic E-state index is -4.43. The van der Waals surface area contributed by atoms with Crippen LogP contribution in [0.3, 0.4) is 0 Å². The van der Waals surface area contributed by atoms with E-state index in [-0.39, 0.29) is 17.7 Å². The van der Waals surface area contributed by atoms with Crippen molar-refractivity contribution in [2.45, 2.75) is 25.1 Å². The van der Waals surface area contributed by atoms with E-state index in [1.165, 1.54) is 12.1 Å². The number of carboxylic acid groups (broad SMARTS) is 1. The van der Waals surface area contributed by atoms with Crippen molar-refractivity contribution < 1.29 is 32.2 Å². The third-order valence-electron chi connectivity index (χ3n) is 4.96. The van der Waals surface area contributed by atoms with Crippen molar-refractivity contribution in [2.75, 3.05) is 18.0 Å². The van der Waals surface area contributed by atoms with Crippen molar-refractivity contribution in [2.24, 2.45) is 0 Å². The van der Waals surface area contributed by atoms with Crippen LogP contribution in [-0.2, 0) is 6.18 Å². The van der Waals surface area contributed by atoms with E-state index >= 15 is 0 Å². The van der Waals surface area contributed by atoms with Gasteiger partial charge in [-0.2, -0.15) is 13.2 Å². The monoisotopic (exact) mass is 484 g/mol. The van der Waals surface area contributed by atoms with Gasteiger partial charge in [0.1, 0.15) is 11.7 Å². The van der Waals surface area contributed by atoms with E-state index < -0.39 is 17.7 Å². The molecule has 4 rings (SSSR count). The number of fused-ring (bicyclic) bond motifs is 1. The lowest BCUT2D eigenvalue weighted by molar-refractivity contribution is -0.137. The number of ether oxygens (including phenoxy) is 1. The molecule has 158 valence electrons. The molecule has 30 heavy (non-hydrogen) atoms. The number of benzene rings is 1. The number of nitrogens with zero attached hydrogens (tertiary/aromatic N) is 2. The summed E-state index contributed by atoms with van der Waals surface area (Å²) in [5.74, 6) is -1.09. The molecule has 0 saturated carbocycles. The van der Waals surface area contributed by atoms with E-state index in [0.717, 1.165) is 22.4 Å². The van der Waals surface area contributed by atoms with Crippen LogP contribution in [0.4, 0.5) is 18.9 Å². The normalized spacial score (nSPS) is 15.5. The molecule has 0 atom stereocenters. The Morgan fingerprint density at radius 1 is 1.23 bits per heavy atom. The summed E-state index contributed by atoms with van der Waals surface area (Å²) in [6.07, 6.45) is -2.48. The van der Waals surface area contributed by atoms with Crippen LogP contribution >= 0.6 is 15.9 Å². The zero-order chi connectivity index (χ0) is 21.5. The highest BCUT2D eigenvalue weighted by Gasteiger charge is 2.31. The number of halogens is 4. The zero-order valence-electron chi connectivity index (χ0n) is 15.4. The van der Waals surface area contributed by atoms with Gasteiger partial charge in [0.05, 0.1) is 15.7 Å². The highest BCUT2D eigenvalue weighted by molar-refractivity contribution is 9.10. The fourth-order valence-electron chi connectivity index (χ4n) is 3.42. The van der Waals surface area contributed by atoms with Crippen molar-refractivity contribution in [1.82, 2.24) is 4.98 Å². The van der Waals surface area contributed by atoms with Crippen LogP contribution in [0.5, 0.6) is 5.88 Å². The Morgan fingerprint density at radius 2 is 1.97 bits per heavy atom. The average molecular weight is 485 g/mol. The second-order valence-electron chi connectivity index (χ2n) is 6.91. The molecule has 1 N–H and O–H groups in total. The predicted molar refractivity (Wildman–Crippen MR) is 106 cm³/mol. The molecule has 0 aliphatic carbocycles. The van der Waals surface area contributed by atoms with Crippen molar-refractivity contribution in [3.63, 3.8) is 0 Å². The van der Waals surface area contributed by atoms with Gasteiger partial charge in [0.15, 0.2) is 0 Å². The maximum Gasteiger partial charge on any atom is 0.417 e. The fourth-order valence-corrected chi connectivity index (χ4v) is 4.11. The number of alkyl halides is 3. The number of carbonyl (C=O) groups is 1. The summed E-state index contributed by atoms with van der Waals surface area (Å²) in [6.45, 7) is 1.33. The van der Waals surface area contributed by atoms with Gasteiger partial charge >= 0.3 is 12.1 Å². The van der Waals surface area contributed by atoms with Crippen LogP contribution in [0.25, 0.3) is 11.0 Å². The molecule has 2 aromatic heterocycles. The molecule has 6 nitrogen and oxygen atoms in total. The van der Waals surface area contributed by atoms with Crippen molar-refractivity contribution in [1.29, 1.82) is 0 Å². The molecule has 1 fully saturated rings. The van der Waals surface area contributed by atoms with Gasteiger partial charge in [-0.15, -0.1) is 0 Å². The molecule has 1 aliphatic heterocycles. The lowest BCUT2D eigenvalue weighted by Gasteiger charge is -2.34. The first kappa shape index (κ1) is 20.5. The Labute approximate surface area is 177 Å². The fraction of sp³-hybridized carbons (Fsp3) is 0.300. The van der Waals surface area contributed by atoms with Gasteiger partial charge in [0, 0.05) is 49.6 Å². The Balaban J connectivity index is 1.42.